The molecule has 0 heterocycles. The first kappa shape index (κ1) is 14.8. The maximum atomic E-state index is 5.83. The lowest BCUT2D eigenvalue weighted by Crippen LogP contribution is -2.20. The first-order valence-corrected chi connectivity index (χ1v) is 7.27. The standard InChI is InChI=1S/C13H20ClNOS/c1-16-10-9-15-8-2-3-11-17-13-6-4-12(14)5-7-13/h4-7,15H,2-3,8-11H2,1H3. The zero-order chi connectivity index (χ0) is 12.3. The summed E-state index contributed by atoms with van der Waals surface area (Å²) in [7, 11) is 1.73. The highest BCUT2D eigenvalue weighted by Crippen LogP contribution is 2.21. The number of thioether (sulfide) groups is 1. The molecule has 0 fully saturated rings. The predicted molar refractivity (Wildman–Crippen MR) is 76.2 cm³/mol. The van der Waals surface area contributed by atoms with Crippen molar-refractivity contribution in [3.8, 4) is 0 Å². The first-order valence-electron chi connectivity index (χ1n) is 5.91. The smallest absolute Gasteiger partial charge is 0.0587 e. The molecule has 0 bridgehead atoms. The van der Waals surface area contributed by atoms with Crippen molar-refractivity contribution >= 4 is 23.4 Å². The summed E-state index contributed by atoms with van der Waals surface area (Å²) in [5, 5.41) is 4.14. The van der Waals surface area contributed by atoms with Gasteiger partial charge in [0.2, 0.25) is 0 Å². The van der Waals surface area contributed by atoms with Crippen molar-refractivity contribution in [2.24, 2.45) is 0 Å². The molecule has 0 atom stereocenters. The van der Waals surface area contributed by atoms with Gasteiger partial charge in [0, 0.05) is 23.6 Å². The number of ether oxygens (including phenoxy) is 1. The van der Waals surface area contributed by atoms with E-state index < -0.39 is 0 Å². The van der Waals surface area contributed by atoms with Gasteiger partial charge in [-0.1, -0.05) is 11.6 Å². The second-order valence-corrected chi connectivity index (χ2v) is 5.36. The van der Waals surface area contributed by atoms with Crippen molar-refractivity contribution in [2.45, 2.75) is 17.7 Å². The Morgan fingerprint density at radius 3 is 2.65 bits per heavy atom. The van der Waals surface area contributed by atoms with Crippen LogP contribution in [0.4, 0.5) is 0 Å². The van der Waals surface area contributed by atoms with E-state index in [0.717, 1.165) is 30.5 Å². The molecule has 96 valence electrons. The molecule has 0 aliphatic carbocycles. The Labute approximate surface area is 113 Å². The number of hydrogen-bond donors (Lipinski definition) is 1. The average Bonchev–Trinajstić information content (AvgIpc) is 2.35. The van der Waals surface area contributed by atoms with E-state index in [1.54, 1.807) is 7.11 Å². The van der Waals surface area contributed by atoms with Crippen LogP contribution in [-0.4, -0.2) is 32.6 Å². The lowest BCUT2D eigenvalue weighted by molar-refractivity contribution is 0.199. The van der Waals surface area contributed by atoms with Crippen LogP contribution in [-0.2, 0) is 4.74 Å². The Kier molecular flexibility index (Phi) is 8.53. The predicted octanol–water partition coefficient (Wildman–Crippen LogP) is 3.45. The summed E-state index contributed by atoms with van der Waals surface area (Å²) < 4.78 is 4.96. The topological polar surface area (TPSA) is 21.3 Å². The molecular formula is C13H20ClNOS. The van der Waals surface area contributed by atoms with Gasteiger partial charge in [-0.25, -0.2) is 0 Å². The molecule has 17 heavy (non-hydrogen) atoms. The maximum Gasteiger partial charge on any atom is 0.0587 e. The molecule has 0 unspecified atom stereocenters. The summed E-state index contributed by atoms with van der Waals surface area (Å²) in [6.07, 6.45) is 2.44. The van der Waals surface area contributed by atoms with Gasteiger partial charge in [0.15, 0.2) is 0 Å². The van der Waals surface area contributed by atoms with Gasteiger partial charge in [-0.05, 0) is 49.4 Å². The quantitative estimate of drug-likeness (QED) is 0.550. The fraction of sp³-hybridized carbons (Fsp3) is 0.538. The normalized spacial score (nSPS) is 10.7. The van der Waals surface area contributed by atoms with E-state index in [4.69, 9.17) is 16.3 Å². The second kappa shape index (κ2) is 9.77. The third kappa shape index (κ3) is 7.66. The van der Waals surface area contributed by atoms with Crippen LogP contribution in [0.2, 0.25) is 5.02 Å². The van der Waals surface area contributed by atoms with E-state index >= 15 is 0 Å². The number of nitrogens with one attached hydrogen (secondary N) is 1. The number of unbranched alkanes of at least 4 members (excludes halogenated alkanes) is 1. The van der Waals surface area contributed by atoms with Crippen LogP contribution in [0, 0.1) is 0 Å². The zero-order valence-corrected chi connectivity index (χ0v) is 11.8. The van der Waals surface area contributed by atoms with Gasteiger partial charge in [-0.2, -0.15) is 0 Å². The summed E-state index contributed by atoms with van der Waals surface area (Å²) in [4.78, 5) is 1.29. The van der Waals surface area contributed by atoms with Crippen molar-refractivity contribution in [2.75, 3.05) is 32.6 Å². The van der Waals surface area contributed by atoms with Gasteiger partial charge in [0.05, 0.1) is 6.61 Å². The maximum absolute atomic E-state index is 5.83. The van der Waals surface area contributed by atoms with E-state index in [9.17, 15) is 0 Å². The Bertz CT molecular complexity index is 292. The lowest BCUT2D eigenvalue weighted by atomic mass is 10.3. The molecule has 0 radical (unpaired) electrons. The van der Waals surface area contributed by atoms with Gasteiger partial charge >= 0.3 is 0 Å². The molecule has 0 aliphatic rings. The second-order valence-electron chi connectivity index (χ2n) is 3.75. The van der Waals surface area contributed by atoms with Gasteiger partial charge in [-0.15, -0.1) is 11.8 Å². The minimum atomic E-state index is 0.791. The number of hydrogen-bond acceptors (Lipinski definition) is 3. The van der Waals surface area contributed by atoms with Crippen LogP contribution in [0.15, 0.2) is 29.2 Å². The Morgan fingerprint density at radius 2 is 1.94 bits per heavy atom. The van der Waals surface area contributed by atoms with Crippen LogP contribution in [0.5, 0.6) is 0 Å². The van der Waals surface area contributed by atoms with Crippen LogP contribution in [0.1, 0.15) is 12.8 Å². The third-order valence-electron chi connectivity index (χ3n) is 2.31. The molecule has 0 aromatic heterocycles. The summed E-state index contributed by atoms with van der Waals surface area (Å²) in [6, 6.07) is 8.03. The van der Waals surface area contributed by atoms with Crippen molar-refractivity contribution in [3.05, 3.63) is 29.3 Å². The van der Waals surface area contributed by atoms with E-state index in [0.29, 0.717) is 0 Å². The van der Waals surface area contributed by atoms with Crippen molar-refractivity contribution in [3.63, 3.8) is 0 Å². The number of methoxy groups -OCH3 is 1. The molecular weight excluding hydrogens is 254 g/mol. The van der Waals surface area contributed by atoms with E-state index in [1.165, 1.54) is 17.7 Å². The zero-order valence-electron chi connectivity index (χ0n) is 10.2. The molecule has 0 spiro atoms. The molecule has 1 N–H and O–H groups in total. The third-order valence-corrected chi connectivity index (χ3v) is 3.66. The van der Waals surface area contributed by atoms with Gasteiger partial charge in [0.1, 0.15) is 0 Å². The van der Waals surface area contributed by atoms with Crippen LogP contribution in [0.25, 0.3) is 0 Å². The molecule has 1 aromatic carbocycles. The highest BCUT2D eigenvalue weighted by molar-refractivity contribution is 7.99. The summed E-state index contributed by atoms with van der Waals surface area (Å²) in [6.45, 7) is 2.81. The Hall–Kier alpha value is -0.220. The summed E-state index contributed by atoms with van der Waals surface area (Å²) in [5.74, 6) is 1.16. The molecule has 1 aromatic rings. The van der Waals surface area contributed by atoms with Crippen molar-refractivity contribution in [1.82, 2.24) is 5.32 Å². The van der Waals surface area contributed by atoms with Gasteiger partial charge < -0.3 is 10.1 Å². The number of rotatable bonds is 9. The molecule has 4 heteroatoms. The number of halogens is 1. The van der Waals surface area contributed by atoms with Crippen LogP contribution < -0.4 is 5.32 Å². The molecule has 0 amide bonds. The SMILES string of the molecule is COCCNCCCCSc1ccc(Cl)cc1. The largest absolute Gasteiger partial charge is 0.383 e. The molecule has 2 nitrogen and oxygen atoms in total. The van der Waals surface area contributed by atoms with Crippen LogP contribution >= 0.6 is 23.4 Å². The van der Waals surface area contributed by atoms with Crippen LogP contribution in [0.3, 0.4) is 0 Å². The van der Waals surface area contributed by atoms with Crippen molar-refractivity contribution in [1.29, 1.82) is 0 Å². The minimum Gasteiger partial charge on any atom is -0.383 e. The average molecular weight is 274 g/mol. The minimum absolute atomic E-state index is 0.791. The van der Waals surface area contributed by atoms with E-state index in [2.05, 4.69) is 17.4 Å². The number of benzene rings is 1. The van der Waals surface area contributed by atoms with Gasteiger partial charge in [-0.3, -0.25) is 0 Å². The highest BCUT2D eigenvalue weighted by atomic mass is 35.5. The fourth-order valence-electron chi connectivity index (χ4n) is 1.37. The summed E-state index contributed by atoms with van der Waals surface area (Å²) in [5.41, 5.74) is 0. The highest BCUT2D eigenvalue weighted by Gasteiger charge is 1.94. The van der Waals surface area contributed by atoms with Crippen molar-refractivity contribution < 1.29 is 4.74 Å². The molecule has 1 rings (SSSR count). The monoisotopic (exact) mass is 273 g/mol. The molecule has 0 aliphatic heterocycles. The lowest BCUT2D eigenvalue weighted by Gasteiger charge is -2.04. The Morgan fingerprint density at radius 1 is 1.18 bits per heavy atom. The fourth-order valence-corrected chi connectivity index (χ4v) is 2.41. The van der Waals surface area contributed by atoms with Gasteiger partial charge in [0.25, 0.3) is 0 Å². The summed E-state index contributed by atoms with van der Waals surface area (Å²) >= 11 is 7.71. The Balaban J connectivity index is 1.95. The van der Waals surface area contributed by atoms with E-state index in [1.807, 2.05) is 23.9 Å². The van der Waals surface area contributed by atoms with E-state index in [-0.39, 0.29) is 0 Å². The molecule has 0 saturated heterocycles. The molecule has 0 saturated carbocycles. The first-order chi connectivity index (χ1) is 8.33.